The van der Waals surface area contributed by atoms with Gasteiger partial charge in [-0.2, -0.15) is 0 Å². The molecule has 2 unspecified atom stereocenters. The summed E-state index contributed by atoms with van der Waals surface area (Å²) in [5, 5.41) is 20.5. The Kier molecular flexibility index (Phi) is 5.21. The molecule has 1 amide bonds. The highest BCUT2D eigenvalue weighted by molar-refractivity contribution is 5.78. The van der Waals surface area contributed by atoms with E-state index in [1.807, 2.05) is 0 Å². The molecule has 1 fully saturated rings. The average molecular weight is 231 g/mol. The smallest absolute Gasteiger partial charge is 0.329 e. The fourth-order valence-corrected chi connectivity index (χ4v) is 1.76. The van der Waals surface area contributed by atoms with Gasteiger partial charge in [0.25, 0.3) is 0 Å². The summed E-state index contributed by atoms with van der Waals surface area (Å²) in [4.78, 5) is 21.4. The summed E-state index contributed by atoms with van der Waals surface area (Å²) in [6, 6.07) is -0.227. The summed E-state index contributed by atoms with van der Waals surface area (Å²) in [7, 11) is 0. The highest BCUT2D eigenvalue weighted by Gasteiger charge is 2.24. The van der Waals surface area contributed by atoms with E-state index < -0.39 is 18.7 Å². The molecule has 0 bridgehead atoms. The van der Waals surface area contributed by atoms with Crippen molar-refractivity contribution in [2.75, 3.05) is 13.2 Å². The number of carbonyl (C=O) groups excluding carboxylic acids is 1. The number of hydrogen-bond donors (Lipinski definition) is 3. The van der Waals surface area contributed by atoms with Gasteiger partial charge in [0.2, 0.25) is 5.91 Å². The Hall–Kier alpha value is -1.14. The molecule has 1 saturated carbocycles. The van der Waals surface area contributed by atoms with Crippen LogP contribution in [-0.2, 0) is 14.3 Å². The molecule has 6 nitrogen and oxygen atoms in total. The van der Waals surface area contributed by atoms with Crippen molar-refractivity contribution in [3.63, 3.8) is 0 Å². The maximum atomic E-state index is 11.3. The number of aliphatic carboxylic acids is 1. The average Bonchev–Trinajstić information content (AvgIpc) is 2.21. The molecule has 0 radical (unpaired) electrons. The minimum atomic E-state index is -1.11. The first-order valence-corrected chi connectivity index (χ1v) is 5.36. The number of aliphatic hydroxyl groups is 1. The Labute approximate surface area is 93.6 Å². The van der Waals surface area contributed by atoms with Crippen LogP contribution in [0.2, 0.25) is 0 Å². The molecule has 1 rings (SSSR count). The van der Waals surface area contributed by atoms with Crippen LogP contribution in [0.15, 0.2) is 0 Å². The third-order valence-corrected chi connectivity index (χ3v) is 2.53. The van der Waals surface area contributed by atoms with Gasteiger partial charge in [-0.05, 0) is 12.8 Å². The van der Waals surface area contributed by atoms with Crippen molar-refractivity contribution in [3.8, 4) is 0 Å². The molecular weight excluding hydrogens is 214 g/mol. The highest BCUT2D eigenvalue weighted by Crippen LogP contribution is 2.18. The number of hydrogen-bond acceptors (Lipinski definition) is 4. The van der Waals surface area contributed by atoms with E-state index in [-0.39, 0.29) is 18.6 Å². The van der Waals surface area contributed by atoms with Crippen LogP contribution in [0, 0.1) is 0 Å². The van der Waals surface area contributed by atoms with E-state index in [0.717, 1.165) is 19.3 Å². The number of carboxylic acid groups (broad SMARTS) is 1. The van der Waals surface area contributed by atoms with Gasteiger partial charge < -0.3 is 20.3 Å². The standard InChI is InChI=1S/C10H17NO5/c12-8-4-2-1-3-7(8)11-9(13)5-16-6-10(14)15/h7-8,12H,1-6H2,(H,11,13)(H,14,15). The van der Waals surface area contributed by atoms with Gasteiger partial charge in [-0.1, -0.05) is 12.8 Å². The van der Waals surface area contributed by atoms with Crippen LogP contribution in [0.25, 0.3) is 0 Å². The quantitative estimate of drug-likeness (QED) is 0.593. The van der Waals surface area contributed by atoms with Gasteiger partial charge in [0.05, 0.1) is 12.1 Å². The lowest BCUT2D eigenvalue weighted by Gasteiger charge is -2.28. The molecule has 2 atom stereocenters. The van der Waals surface area contributed by atoms with Crippen LogP contribution in [0.5, 0.6) is 0 Å². The van der Waals surface area contributed by atoms with Crippen molar-refractivity contribution < 1.29 is 24.5 Å². The molecule has 0 spiro atoms. The van der Waals surface area contributed by atoms with Crippen molar-refractivity contribution in [3.05, 3.63) is 0 Å². The second-order valence-electron chi connectivity index (χ2n) is 3.91. The third kappa shape index (κ3) is 4.59. The van der Waals surface area contributed by atoms with Gasteiger partial charge in [-0.15, -0.1) is 0 Å². The monoisotopic (exact) mass is 231 g/mol. The van der Waals surface area contributed by atoms with Crippen LogP contribution in [0.4, 0.5) is 0 Å². The van der Waals surface area contributed by atoms with Gasteiger partial charge in [0.1, 0.15) is 13.2 Å². The second kappa shape index (κ2) is 6.44. The minimum absolute atomic E-state index is 0.227. The van der Waals surface area contributed by atoms with Gasteiger partial charge in [0.15, 0.2) is 0 Å². The van der Waals surface area contributed by atoms with E-state index in [1.165, 1.54) is 0 Å². The number of carbonyl (C=O) groups is 2. The van der Waals surface area contributed by atoms with Crippen LogP contribution < -0.4 is 5.32 Å². The Bertz CT molecular complexity index is 256. The summed E-state index contributed by atoms with van der Waals surface area (Å²) in [6.45, 7) is -0.768. The largest absolute Gasteiger partial charge is 0.480 e. The summed E-state index contributed by atoms with van der Waals surface area (Å²) in [5.41, 5.74) is 0. The predicted octanol–water partition coefficient (Wildman–Crippen LogP) is -0.493. The Morgan fingerprint density at radius 1 is 1.25 bits per heavy atom. The molecular formula is C10H17NO5. The molecule has 0 aromatic carbocycles. The number of rotatable bonds is 5. The fraction of sp³-hybridized carbons (Fsp3) is 0.800. The first kappa shape index (κ1) is 12.9. The zero-order chi connectivity index (χ0) is 12.0. The SMILES string of the molecule is O=C(O)COCC(=O)NC1CCCCC1O. The van der Waals surface area contributed by atoms with E-state index in [9.17, 15) is 14.7 Å². The van der Waals surface area contributed by atoms with Crippen molar-refractivity contribution >= 4 is 11.9 Å². The molecule has 1 aliphatic rings. The Morgan fingerprint density at radius 3 is 2.56 bits per heavy atom. The predicted molar refractivity (Wildman–Crippen MR) is 54.9 cm³/mol. The maximum absolute atomic E-state index is 11.3. The van der Waals surface area contributed by atoms with Crippen LogP contribution in [-0.4, -0.2) is 47.4 Å². The van der Waals surface area contributed by atoms with Crippen molar-refractivity contribution in [1.29, 1.82) is 0 Å². The summed E-state index contributed by atoms with van der Waals surface area (Å²) in [6.07, 6.45) is 2.91. The van der Waals surface area contributed by atoms with Gasteiger partial charge >= 0.3 is 5.97 Å². The molecule has 0 aromatic heterocycles. The first-order valence-electron chi connectivity index (χ1n) is 5.36. The Balaban J connectivity index is 2.19. The van der Waals surface area contributed by atoms with E-state index in [2.05, 4.69) is 10.1 Å². The lowest BCUT2D eigenvalue weighted by Crippen LogP contribution is -2.46. The molecule has 0 saturated heterocycles. The second-order valence-corrected chi connectivity index (χ2v) is 3.91. The molecule has 1 aliphatic carbocycles. The maximum Gasteiger partial charge on any atom is 0.329 e. The molecule has 16 heavy (non-hydrogen) atoms. The number of nitrogens with one attached hydrogen (secondary N) is 1. The van der Waals surface area contributed by atoms with Crippen molar-refractivity contribution in [2.45, 2.75) is 37.8 Å². The first-order chi connectivity index (χ1) is 7.59. The van der Waals surface area contributed by atoms with Gasteiger partial charge in [-0.25, -0.2) is 4.79 Å². The third-order valence-electron chi connectivity index (χ3n) is 2.53. The van der Waals surface area contributed by atoms with Crippen molar-refractivity contribution in [1.82, 2.24) is 5.32 Å². The zero-order valence-corrected chi connectivity index (χ0v) is 9.02. The number of carboxylic acids is 1. The highest BCUT2D eigenvalue weighted by atomic mass is 16.5. The molecule has 0 aliphatic heterocycles. The number of aliphatic hydroxyl groups excluding tert-OH is 1. The fourth-order valence-electron chi connectivity index (χ4n) is 1.76. The molecule has 3 N–H and O–H groups in total. The topological polar surface area (TPSA) is 95.9 Å². The van der Waals surface area contributed by atoms with E-state index in [1.54, 1.807) is 0 Å². The number of ether oxygens (including phenoxy) is 1. The Morgan fingerprint density at radius 2 is 1.94 bits per heavy atom. The lowest BCUT2D eigenvalue weighted by molar-refractivity contribution is -0.143. The van der Waals surface area contributed by atoms with E-state index in [0.29, 0.717) is 6.42 Å². The minimum Gasteiger partial charge on any atom is -0.480 e. The molecule has 0 aromatic rings. The number of amides is 1. The van der Waals surface area contributed by atoms with Crippen molar-refractivity contribution in [2.24, 2.45) is 0 Å². The van der Waals surface area contributed by atoms with Gasteiger partial charge in [-0.3, -0.25) is 4.79 Å². The van der Waals surface area contributed by atoms with E-state index >= 15 is 0 Å². The molecule has 0 heterocycles. The van der Waals surface area contributed by atoms with Crippen LogP contribution in [0.1, 0.15) is 25.7 Å². The summed E-state index contributed by atoms with van der Waals surface area (Å²) in [5.74, 6) is -1.49. The zero-order valence-electron chi connectivity index (χ0n) is 9.02. The normalized spacial score (nSPS) is 25.1. The van der Waals surface area contributed by atoms with E-state index in [4.69, 9.17) is 5.11 Å². The summed E-state index contributed by atoms with van der Waals surface area (Å²) >= 11 is 0. The molecule has 6 heteroatoms. The van der Waals surface area contributed by atoms with Gasteiger partial charge in [0, 0.05) is 0 Å². The van der Waals surface area contributed by atoms with Crippen LogP contribution >= 0.6 is 0 Å². The van der Waals surface area contributed by atoms with Crippen LogP contribution in [0.3, 0.4) is 0 Å². The summed E-state index contributed by atoms with van der Waals surface area (Å²) < 4.78 is 4.64. The molecule has 92 valence electrons. The lowest BCUT2D eigenvalue weighted by atomic mass is 9.92.